The van der Waals surface area contributed by atoms with Gasteiger partial charge in [0.1, 0.15) is 11.5 Å². The Morgan fingerprint density at radius 3 is 1.57 bits per heavy atom. The number of hydrogen-bond donors (Lipinski definition) is 0. The minimum absolute atomic E-state index is 0.314. The van der Waals surface area contributed by atoms with E-state index < -0.39 is 6.95 Å². The van der Waals surface area contributed by atoms with Crippen molar-refractivity contribution in [3.8, 4) is 11.5 Å². The maximum atomic E-state index is 12.3. The van der Waals surface area contributed by atoms with Crippen molar-refractivity contribution >= 4 is 81.9 Å². The largest absolute Gasteiger partial charge is 0.530 e. The predicted molar refractivity (Wildman–Crippen MR) is 98.4 cm³/mol. The number of hydrogen-bond acceptors (Lipinski definition) is 3. The molecular formula is C12H6Br4ClO3P. The van der Waals surface area contributed by atoms with Crippen molar-refractivity contribution < 1.29 is 13.6 Å². The quantitative estimate of drug-likeness (QED) is 0.349. The average Bonchev–Trinajstić information content (AvgIpc) is 2.37. The van der Waals surface area contributed by atoms with Crippen LogP contribution in [-0.4, -0.2) is 0 Å². The molecule has 0 amide bonds. The lowest BCUT2D eigenvalue weighted by Gasteiger charge is -2.16. The monoisotopic (exact) mass is 580 g/mol. The van der Waals surface area contributed by atoms with Crippen LogP contribution in [0.15, 0.2) is 54.3 Å². The molecule has 0 aromatic heterocycles. The molecule has 0 aliphatic heterocycles. The summed E-state index contributed by atoms with van der Waals surface area (Å²) >= 11 is 19.1. The van der Waals surface area contributed by atoms with Gasteiger partial charge in [0.25, 0.3) is 0 Å². The third-order valence-corrected chi connectivity index (χ3v) is 5.74. The fourth-order valence-electron chi connectivity index (χ4n) is 1.35. The molecule has 0 radical (unpaired) electrons. The minimum Gasteiger partial charge on any atom is -0.404 e. The summed E-state index contributed by atoms with van der Waals surface area (Å²) in [5.41, 5.74) is 0. The van der Waals surface area contributed by atoms with Gasteiger partial charge in [0, 0.05) is 20.2 Å². The first-order valence-electron chi connectivity index (χ1n) is 5.36. The van der Waals surface area contributed by atoms with Crippen LogP contribution in [0.5, 0.6) is 11.5 Å². The smallest absolute Gasteiger partial charge is 0.404 e. The summed E-state index contributed by atoms with van der Waals surface area (Å²) in [4.78, 5) is 0. The molecule has 2 aromatic carbocycles. The van der Waals surface area contributed by atoms with Gasteiger partial charge < -0.3 is 9.05 Å². The van der Waals surface area contributed by atoms with Crippen molar-refractivity contribution in [1.29, 1.82) is 0 Å². The Labute approximate surface area is 160 Å². The molecule has 0 saturated carbocycles. The van der Waals surface area contributed by atoms with Gasteiger partial charge in [0.15, 0.2) is 0 Å². The highest BCUT2D eigenvalue weighted by Crippen LogP contribution is 2.55. The van der Waals surface area contributed by atoms with Crippen LogP contribution in [0.2, 0.25) is 0 Å². The van der Waals surface area contributed by atoms with E-state index in [2.05, 4.69) is 63.7 Å². The summed E-state index contributed by atoms with van der Waals surface area (Å²) in [5, 5.41) is 0. The van der Waals surface area contributed by atoms with Crippen LogP contribution in [0.3, 0.4) is 0 Å². The SMILES string of the molecule is O=P(Cl)(Oc1cc(Br)ccc1Br)Oc1cc(Br)ccc1Br. The lowest BCUT2D eigenvalue weighted by Crippen LogP contribution is -1.96. The van der Waals surface area contributed by atoms with Crippen molar-refractivity contribution in [3.63, 3.8) is 0 Å². The predicted octanol–water partition coefficient (Wildman–Crippen LogP) is 7.54. The van der Waals surface area contributed by atoms with Crippen LogP contribution in [0.4, 0.5) is 0 Å². The fraction of sp³-hybridized carbons (Fsp3) is 0. The van der Waals surface area contributed by atoms with Gasteiger partial charge in [0.05, 0.1) is 8.95 Å². The topological polar surface area (TPSA) is 35.5 Å². The first-order valence-corrected chi connectivity index (χ1v) is 11.0. The molecule has 9 heteroatoms. The fourth-order valence-corrected chi connectivity index (χ4v) is 4.19. The highest BCUT2D eigenvalue weighted by Gasteiger charge is 2.27. The molecule has 0 fully saturated rings. The van der Waals surface area contributed by atoms with Crippen molar-refractivity contribution in [2.75, 3.05) is 0 Å². The Kier molecular flexibility index (Phi) is 6.25. The summed E-state index contributed by atoms with van der Waals surface area (Å²) in [6, 6.07) is 10.4. The summed E-state index contributed by atoms with van der Waals surface area (Å²) in [5.74, 6) is 0.627. The van der Waals surface area contributed by atoms with Crippen molar-refractivity contribution in [2.24, 2.45) is 0 Å². The van der Waals surface area contributed by atoms with E-state index >= 15 is 0 Å². The zero-order valence-corrected chi connectivity index (χ0v) is 18.0. The normalized spacial score (nSPS) is 11.3. The lowest BCUT2D eigenvalue weighted by atomic mass is 10.3. The molecule has 21 heavy (non-hydrogen) atoms. The van der Waals surface area contributed by atoms with Crippen molar-refractivity contribution in [1.82, 2.24) is 0 Å². The summed E-state index contributed by atoms with van der Waals surface area (Å²) in [6.45, 7) is -3.86. The lowest BCUT2D eigenvalue weighted by molar-refractivity contribution is 0.404. The number of rotatable bonds is 4. The zero-order chi connectivity index (χ0) is 15.6. The van der Waals surface area contributed by atoms with Crippen LogP contribution in [0.25, 0.3) is 0 Å². The molecule has 0 aliphatic rings. The summed E-state index contributed by atoms with van der Waals surface area (Å²) in [7, 11) is 0. The van der Waals surface area contributed by atoms with Crippen molar-refractivity contribution in [3.05, 3.63) is 54.3 Å². The van der Waals surface area contributed by atoms with E-state index in [4.69, 9.17) is 20.3 Å². The number of halogens is 5. The highest BCUT2D eigenvalue weighted by atomic mass is 79.9. The van der Waals surface area contributed by atoms with Crippen LogP contribution < -0.4 is 9.05 Å². The molecule has 2 rings (SSSR count). The summed E-state index contributed by atoms with van der Waals surface area (Å²) < 4.78 is 25.7. The minimum atomic E-state index is -3.86. The van der Waals surface area contributed by atoms with Gasteiger partial charge in [0.2, 0.25) is 0 Å². The Morgan fingerprint density at radius 1 is 0.810 bits per heavy atom. The Hall–Kier alpha value is 0.480. The van der Waals surface area contributed by atoms with E-state index in [-0.39, 0.29) is 0 Å². The van der Waals surface area contributed by atoms with Crippen LogP contribution in [-0.2, 0) is 4.57 Å². The molecule has 0 N–H and O–H groups in total. The first kappa shape index (κ1) is 17.8. The second-order valence-corrected chi connectivity index (χ2v) is 9.77. The molecule has 0 unspecified atom stereocenters. The van der Waals surface area contributed by atoms with Gasteiger partial charge in [-0.25, -0.2) is 4.57 Å². The summed E-state index contributed by atoms with van der Waals surface area (Å²) in [6.07, 6.45) is 0. The van der Waals surface area contributed by atoms with E-state index in [1.807, 2.05) is 12.1 Å². The van der Waals surface area contributed by atoms with Crippen LogP contribution >= 0.6 is 81.9 Å². The molecule has 2 aromatic rings. The van der Waals surface area contributed by atoms with Gasteiger partial charge in [-0.2, -0.15) is 0 Å². The van der Waals surface area contributed by atoms with E-state index in [1.54, 1.807) is 24.3 Å². The van der Waals surface area contributed by atoms with Gasteiger partial charge in [-0.05, 0) is 68.3 Å². The number of benzene rings is 2. The maximum absolute atomic E-state index is 12.3. The van der Waals surface area contributed by atoms with E-state index in [1.165, 1.54) is 0 Å². The van der Waals surface area contributed by atoms with Gasteiger partial charge in [-0.15, -0.1) is 0 Å². The molecule has 0 atom stereocenters. The Balaban J connectivity index is 2.24. The Bertz CT molecular complexity index is 668. The molecule has 3 nitrogen and oxygen atoms in total. The van der Waals surface area contributed by atoms with Crippen LogP contribution in [0, 0.1) is 0 Å². The average molecular weight is 584 g/mol. The third-order valence-electron chi connectivity index (χ3n) is 2.20. The highest BCUT2D eigenvalue weighted by molar-refractivity contribution is 9.11. The van der Waals surface area contributed by atoms with Gasteiger partial charge >= 0.3 is 6.95 Å². The second-order valence-electron chi connectivity index (χ2n) is 3.76. The molecule has 0 heterocycles. The zero-order valence-electron chi connectivity index (χ0n) is 10.0. The van der Waals surface area contributed by atoms with E-state index in [9.17, 15) is 4.57 Å². The van der Waals surface area contributed by atoms with E-state index in [0.717, 1.165) is 8.95 Å². The van der Waals surface area contributed by atoms with E-state index in [0.29, 0.717) is 20.4 Å². The maximum Gasteiger partial charge on any atom is 0.530 e. The standard InChI is InChI=1S/C12H6Br4ClO3P/c13-7-1-3-9(15)11(5-7)19-21(17,18)20-12-6-8(14)2-4-10(12)16/h1-6H. The third kappa shape index (κ3) is 5.26. The first-order chi connectivity index (χ1) is 9.77. The molecule has 112 valence electrons. The molecule has 0 saturated heterocycles. The molecular weight excluding hydrogens is 578 g/mol. The molecule has 0 bridgehead atoms. The molecule has 0 aliphatic carbocycles. The Morgan fingerprint density at radius 2 is 1.19 bits per heavy atom. The van der Waals surface area contributed by atoms with Gasteiger partial charge in [-0.3, -0.25) is 0 Å². The van der Waals surface area contributed by atoms with Crippen molar-refractivity contribution in [2.45, 2.75) is 0 Å². The molecule has 0 spiro atoms. The van der Waals surface area contributed by atoms with Gasteiger partial charge in [-0.1, -0.05) is 31.9 Å². The second kappa shape index (κ2) is 7.37. The van der Waals surface area contributed by atoms with Crippen LogP contribution in [0.1, 0.15) is 0 Å².